The molecule has 3 aliphatic heterocycles. The highest BCUT2D eigenvalue weighted by molar-refractivity contribution is 5.79. The summed E-state index contributed by atoms with van der Waals surface area (Å²) in [6.07, 6.45) is 5.10. The zero-order valence-electron chi connectivity index (χ0n) is 13.0. The van der Waals surface area contributed by atoms with Gasteiger partial charge in [-0.1, -0.05) is 0 Å². The molecule has 2 atom stereocenters. The van der Waals surface area contributed by atoms with Gasteiger partial charge in [-0.3, -0.25) is 4.79 Å². The van der Waals surface area contributed by atoms with E-state index in [0.717, 1.165) is 65.0 Å². The van der Waals surface area contributed by atoms with Gasteiger partial charge in [0.05, 0.1) is 12.7 Å². The summed E-state index contributed by atoms with van der Waals surface area (Å²) < 4.78 is 16.8. The molecule has 0 aliphatic carbocycles. The Morgan fingerprint density at radius 2 is 2.10 bits per heavy atom. The number of amides is 1. The lowest BCUT2D eigenvalue weighted by Crippen LogP contribution is -2.58. The van der Waals surface area contributed by atoms with Crippen LogP contribution in [0.2, 0.25) is 0 Å². The minimum absolute atomic E-state index is 0.00603. The molecule has 0 saturated carbocycles. The number of nitrogens with zero attached hydrogens (tertiary/aromatic N) is 1. The molecule has 3 fully saturated rings. The maximum atomic E-state index is 12.8. The Balaban J connectivity index is 1.68. The Bertz CT molecular complexity index is 365. The maximum Gasteiger partial charge on any atom is 0.225 e. The van der Waals surface area contributed by atoms with Crippen molar-refractivity contribution in [1.82, 2.24) is 4.90 Å². The second-order valence-electron chi connectivity index (χ2n) is 6.69. The number of carbonyl (C=O) groups excluding carboxylic acids is 1. The molecule has 1 amide bonds. The lowest BCUT2D eigenvalue weighted by atomic mass is 9.72. The van der Waals surface area contributed by atoms with Crippen LogP contribution < -0.4 is 0 Å². The molecule has 5 nitrogen and oxygen atoms in total. The van der Waals surface area contributed by atoms with E-state index >= 15 is 0 Å². The van der Waals surface area contributed by atoms with E-state index in [1.807, 2.05) is 0 Å². The van der Waals surface area contributed by atoms with Crippen LogP contribution in [0.4, 0.5) is 0 Å². The van der Waals surface area contributed by atoms with Crippen LogP contribution in [0.25, 0.3) is 0 Å². The van der Waals surface area contributed by atoms with E-state index in [1.165, 1.54) is 0 Å². The smallest absolute Gasteiger partial charge is 0.225 e. The third-order valence-electron chi connectivity index (χ3n) is 5.30. The number of hydrogen-bond acceptors (Lipinski definition) is 4. The average Bonchev–Trinajstić information content (AvgIpc) is 2.54. The van der Waals surface area contributed by atoms with Crippen LogP contribution in [0, 0.1) is 11.3 Å². The molecular weight excluding hydrogens is 270 g/mol. The fourth-order valence-electron chi connectivity index (χ4n) is 4.18. The molecular formula is C16H27NO4. The lowest BCUT2D eigenvalue weighted by Gasteiger charge is -2.50. The van der Waals surface area contributed by atoms with Crippen molar-refractivity contribution in [2.24, 2.45) is 11.3 Å². The molecule has 0 radical (unpaired) electrons. The number of likely N-dealkylation sites (tertiary alicyclic amines) is 1. The maximum absolute atomic E-state index is 12.8. The first-order valence-corrected chi connectivity index (χ1v) is 8.22. The lowest BCUT2D eigenvalue weighted by molar-refractivity contribution is -0.166. The van der Waals surface area contributed by atoms with Gasteiger partial charge in [0.15, 0.2) is 0 Å². The highest BCUT2D eigenvalue weighted by atomic mass is 16.5. The molecule has 3 heterocycles. The van der Waals surface area contributed by atoms with E-state index in [2.05, 4.69) is 4.90 Å². The molecule has 3 saturated heterocycles. The van der Waals surface area contributed by atoms with Gasteiger partial charge in [0.25, 0.3) is 0 Å². The minimum Gasteiger partial charge on any atom is -0.384 e. The fraction of sp³-hybridized carbons (Fsp3) is 0.938. The topological polar surface area (TPSA) is 48.0 Å². The first-order valence-electron chi connectivity index (χ1n) is 8.22. The fourth-order valence-corrected chi connectivity index (χ4v) is 4.18. The Labute approximate surface area is 126 Å². The number of methoxy groups -OCH3 is 1. The highest BCUT2D eigenvalue weighted by Gasteiger charge is 2.47. The minimum atomic E-state index is 0.00603. The molecule has 5 heteroatoms. The molecule has 3 rings (SSSR count). The predicted molar refractivity (Wildman–Crippen MR) is 78.0 cm³/mol. The Hall–Kier alpha value is -0.650. The average molecular weight is 297 g/mol. The summed E-state index contributed by atoms with van der Waals surface area (Å²) in [7, 11) is 1.75. The summed E-state index contributed by atoms with van der Waals surface area (Å²) in [5, 5.41) is 0. The van der Waals surface area contributed by atoms with Crippen molar-refractivity contribution in [1.29, 1.82) is 0 Å². The second kappa shape index (κ2) is 6.63. The summed E-state index contributed by atoms with van der Waals surface area (Å²) in [6, 6.07) is 0. The van der Waals surface area contributed by atoms with E-state index in [4.69, 9.17) is 14.2 Å². The molecule has 0 aromatic rings. The van der Waals surface area contributed by atoms with Crippen LogP contribution in [-0.2, 0) is 19.0 Å². The molecule has 0 aromatic carbocycles. The molecule has 0 N–H and O–H groups in total. The molecule has 0 bridgehead atoms. The quantitative estimate of drug-likeness (QED) is 0.791. The van der Waals surface area contributed by atoms with Crippen molar-refractivity contribution in [2.75, 3.05) is 46.6 Å². The van der Waals surface area contributed by atoms with Crippen molar-refractivity contribution in [3.63, 3.8) is 0 Å². The van der Waals surface area contributed by atoms with Crippen LogP contribution in [0.15, 0.2) is 0 Å². The highest BCUT2D eigenvalue weighted by Crippen LogP contribution is 2.41. The number of carbonyl (C=O) groups is 1. The van der Waals surface area contributed by atoms with Crippen LogP contribution in [0.1, 0.15) is 32.1 Å². The van der Waals surface area contributed by atoms with Gasteiger partial charge in [-0.05, 0) is 32.1 Å². The van der Waals surface area contributed by atoms with E-state index < -0.39 is 0 Å². The third kappa shape index (κ3) is 3.10. The second-order valence-corrected chi connectivity index (χ2v) is 6.69. The van der Waals surface area contributed by atoms with Gasteiger partial charge in [0, 0.05) is 51.4 Å². The molecule has 0 unspecified atom stereocenters. The van der Waals surface area contributed by atoms with E-state index in [9.17, 15) is 4.79 Å². The first-order chi connectivity index (χ1) is 10.2. The zero-order chi connectivity index (χ0) is 14.7. The molecule has 3 aliphatic rings. The number of hydrogen-bond donors (Lipinski definition) is 0. The van der Waals surface area contributed by atoms with Crippen molar-refractivity contribution in [2.45, 2.75) is 38.2 Å². The van der Waals surface area contributed by atoms with Gasteiger partial charge in [-0.2, -0.15) is 0 Å². The number of ether oxygens (including phenoxy) is 3. The third-order valence-corrected chi connectivity index (χ3v) is 5.30. The predicted octanol–water partition coefficient (Wildman–Crippen LogP) is 1.46. The van der Waals surface area contributed by atoms with Gasteiger partial charge >= 0.3 is 0 Å². The van der Waals surface area contributed by atoms with Crippen molar-refractivity contribution >= 4 is 5.91 Å². The van der Waals surface area contributed by atoms with E-state index in [-0.39, 0.29) is 17.4 Å². The van der Waals surface area contributed by atoms with Crippen LogP contribution in [-0.4, -0.2) is 63.5 Å². The van der Waals surface area contributed by atoms with E-state index in [1.54, 1.807) is 7.11 Å². The number of piperidine rings is 1. The molecule has 120 valence electrons. The monoisotopic (exact) mass is 297 g/mol. The summed E-state index contributed by atoms with van der Waals surface area (Å²) >= 11 is 0. The van der Waals surface area contributed by atoms with Crippen molar-refractivity contribution in [3.05, 3.63) is 0 Å². The summed E-state index contributed by atoms with van der Waals surface area (Å²) in [5.74, 6) is 0.470. The zero-order valence-corrected chi connectivity index (χ0v) is 13.0. The Morgan fingerprint density at radius 1 is 1.29 bits per heavy atom. The van der Waals surface area contributed by atoms with Crippen LogP contribution >= 0.6 is 0 Å². The Morgan fingerprint density at radius 3 is 2.86 bits per heavy atom. The number of fused-ring (bicyclic) bond motifs is 1. The normalized spacial score (nSPS) is 34.5. The SMILES string of the molecule is COC[C@]12CCCO[C@H]1CCN(C(=O)C1CCOCC1)C2. The van der Waals surface area contributed by atoms with Gasteiger partial charge < -0.3 is 19.1 Å². The van der Waals surface area contributed by atoms with E-state index in [0.29, 0.717) is 12.5 Å². The summed E-state index contributed by atoms with van der Waals surface area (Å²) in [5.41, 5.74) is 0.00603. The molecule has 21 heavy (non-hydrogen) atoms. The van der Waals surface area contributed by atoms with Gasteiger partial charge in [0.2, 0.25) is 5.91 Å². The summed E-state index contributed by atoms with van der Waals surface area (Å²) in [6.45, 7) is 4.60. The molecule has 0 aromatic heterocycles. The van der Waals surface area contributed by atoms with Crippen LogP contribution in [0.5, 0.6) is 0 Å². The standard InChI is InChI=1S/C16H27NO4/c1-19-12-16-6-2-8-21-14(16)3-7-17(11-16)15(18)13-4-9-20-10-5-13/h13-14H,2-12H2,1H3/t14-,16+/m0/s1. The Kier molecular flexibility index (Phi) is 4.82. The summed E-state index contributed by atoms with van der Waals surface area (Å²) in [4.78, 5) is 14.8. The van der Waals surface area contributed by atoms with Gasteiger partial charge in [-0.15, -0.1) is 0 Å². The van der Waals surface area contributed by atoms with Crippen molar-refractivity contribution < 1.29 is 19.0 Å². The van der Waals surface area contributed by atoms with Crippen LogP contribution in [0.3, 0.4) is 0 Å². The van der Waals surface area contributed by atoms with Gasteiger partial charge in [-0.25, -0.2) is 0 Å². The molecule has 0 spiro atoms. The number of rotatable bonds is 3. The largest absolute Gasteiger partial charge is 0.384 e. The van der Waals surface area contributed by atoms with Crippen molar-refractivity contribution in [3.8, 4) is 0 Å². The van der Waals surface area contributed by atoms with Gasteiger partial charge in [0.1, 0.15) is 0 Å². The first kappa shape index (κ1) is 15.3.